The molecule has 0 radical (unpaired) electrons. The van der Waals surface area contributed by atoms with Gasteiger partial charge < -0.3 is 9.15 Å². The Labute approximate surface area is 166 Å². The molecule has 0 amide bonds. The molecule has 0 aliphatic heterocycles. The Morgan fingerprint density at radius 2 is 1.82 bits per heavy atom. The van der Waals surface area contributed by atoms with Crippen LogP contribution in [0.3, 0.4) is 0 Å². The maximum absolute atomic E-state index is 5.80. The van der Waals surface area contributed by atoms with E-state index >= 15 is 0 Å². The van der Waals surface area contributed by atoms with Crippen molar-refractivity contribution < 1.29 is 9.15 Å². The SMILES string of the molecule is COc1ccc(-c2nnc(CSc3nnc(C)n3-c3cccc(C)c3)o2)cc1. The number of hydrogen-bond acceptors (Lipinski definition) is 7. The van der Waals surface area contributed by atoms with Gasteiger partial charge in [-0.1, -0.05) is 23.9 Å². The van der Waals surface area contributed by atoms with Crippen molar-refractivity contribution in [3.8, 4) is 22.9 Å². The molecule has 28 heavy (non-hydrogen) atoms. The highest BCUT2D eigenvalue weighted by molar-refractivity contribution is 7.98. The predicted molar refractivity (Wildman–Crippen MR) is 107 cm³/mol. The number of aryl methyl sites for hydroxylation is 2. The Balaban J connectivity index is 1.51. The van der Waals surface area contributed by atoms with Crippen LogP contribution in [0.2, 0.25) is 0 Å². The summed E-state index contributed by atoms with van der Waals surface area (Å²) in [5.41, 5.74) is 3.07. The van der Waals surface area contributed by atoms with Crippen molar-refractivity contribution in [1.29, 1.82) is 0 Å². The van der Waals surface area contributed by atoms with E-state index in [1.54, 1.807) is 7.11 Å². The zero-order chi connectivity index (χ0) is 19.5. The summed E-state index contributed by atoms with van der Waals surface area (Å²) in [5, 5.41) is 17.6. The number of methoxy groups -OCH3 is 1. The van der Waals surface area contributed by atoms with Gasteiger partial charge in [0.15, 0.2) is 5.16 Å². The van der Waals surface area contributed by atoms with Crippen molar-refractivity contribution in [1.82, 2.24) is 25.0 Å². The van der Waals surface area contributed by atoms with E-state index in [9.17, 15) is 0 Å². The summed E-state index contributed by atoms with van der Waals surface area (Å²) in [4.78, 5) is 0. The van der Waals surface area contributed by atoms with Gasteiger partial charge in [-0.2, -0.15) is 0 Å². The second-order valence-electron chi connectivity index (χ2n) is 6.22. The third-order valence-corrected chi connectivity index (χ3v) is 5.10. The minimum absolute atomic E-state index is 0.481. The summed E-state index contributed by atoms with van der Waals surface area (Å²) in [6, 6.07) is 15.7. The van der Waals surface area contributed by atoms with Crippen molar-refractivity contribution >= 4 is 11.8 Å². The van der Waals surface area contributed by atoms with E-state index in [1.807, 2.05) is 47.9 Å². The quantitative estimate of drug-likeness (QED) is 0.453. The van der Waals surface area contributed by atoms with Crippen LogP contribution in [0.1, 0.15) is 17.3 Å². The Morgan fingerprint density at radius 3 is 2.57 bits per heavy atom. The van der Waals surface area contributed by atoms with Crippen LogP contribution in [-0.2, 0) is 5.75 Å². The number of benzene rings is 2. The van der Waals surface area contributed by atoms with Gasteiger partial charge in [0, 0.05) is 11.3 Å². The Morgan fingerprint density at radius 1 is 1.00 bits per heavy atom. The fraction of sp³-hybridized carbons (Fsp3) is 0.200. The molecule has 0 bridgehead atoms. The lowest BCUT2D eigenvalue weighted by Gasteiger charge is -2.08. The molecule has 0 aliphatic carbocycles. The third-order valence-electron chi connectivity index (χ3n) is 4.18. The number of thioether (sulfide) groups is 1. The van der Waals surface area contributed by atoms with Crippen LogP contribution < -0.4 is 4.74 Å². The first-order chi connectivity index (χ1) is 13.6. The molecule has 0 atom stereocenters. The molecule has 0 saturated heterocycles. The number of nitrogens with zero attached hydrogens (tertiary/aromatic N) is 5. The van der Waals surface area contributed by atoms with Gasteiger partial charge >= 0.3 is 0 Å². The number of ether oxygens (including phenoxy) is 1. The van der Waals surface area contributed by atoms with Gasteiger partial charge in [-0.3, -0.25) is 4.57 Å². The number of hydrogen-bond donors (Lipinski definition) is 0. The highest BCUT2D eigenvalue weighted by Crippen LogP contribution is 2.27. The van der Waals surface area contributed by atoms with Crippen molar-refractivity contribution in [2.75, 3.05) is 7.11 Å². The van der Waals surface area contributed by atoms with Gasteiger partial charge in [0.05, 0.1) is 12.9 Å². The van der Waals surface area contributed by atoms with Gasteiger partial charge in [-0.15, -0.1) is 20.4 Å². The van der Waals surface area contributed by atoms with Gasteiger partial charge in [0.2, 0.25) is 11.8 Å². The first-order valence-corrected chi connectivity index (χ1v) is 9.71. The van der Waals surface area contributed by atoms with Crippen LogP contribution in [0, 0.1) is 13.8 Å². The lowest BCUT2D eigenvalue weighted by atomic mass is 10.2. The van der Waals surface area contributed by atoms with E-state index in [0.717, 1.165) is 28.0 Å². The largest absolute Gasteiger partial charge is 0.497 e. The topological polar surface area (TPSA) is 78.9 Å². The highest BCUT2D eigenvalue weighted by Gasteiger charge is 2.14. The first kappa shape index (κ1) is 18.2. The van der Waals surface area contributed by atoms with Gasteiger partial charge in [-0.05, 0) is 55.8 Å². The zero-order valence-electron chi connectivity index (χ0n) is 15.8. The lowest BCUT2D eigenvalue weighted by Crippen LogP contribution is -1.99. The third kappa shape index (κ3) is 3.77. The molecular weight excluding hydrogens is 374 g/mol. The van der Waals surface area contributed by atoms with E-state index in [1.165, 1.54) is 17.3 Å². The van der Waals surface area contributed by atoms with Gasteiger partial charge in [0.1, 0.15) is 11.6 Å². The normalized spacial score (nSPS) is 11.0. The average Bonchev–Trinajstić information content (AvgIpc) is 3.33. The molecule has 2 aromatic heterocycles. The van der Waals surface area contributed by atoms with Crippen molar-refractivity contribution in [3.05, 3.63) is 65.8 Å². The monoisotopic (exact) mass is 393 g/mol. The standard InChI is InChI=1S/C20H19N5O2S/c1-13-5-4-6-16(11-13)25-14(2)21-24-20(25)28-12-18-22-23-19(27-18)15-7-9-17(26-3)10-8-15/h4-11H,12H2,1-3H3. The summed E-state index contributed by atoms with van der Waals surface area (Å²) in [7, 11) is 1.63. The average molecular weight is 393 g/mol. The fourth-order valence-corrected chi connectivity index (χ4v) is 3.62. The Bertz CT molecular complexity index is 1090. The lowest BCUT2D eigenvalue weighted by molar-refractivity contribution is 0.415. The Kier molecular flexibility index (Phi) is 5.12. The molecule has 0 spiro atoms. The molecule has 0 fully saturated rings. The minimum atomic E-state index is 0.481. The second kappa shape index (κ2) is 7.85. The highest BCUT2D eigenvalue weighted by atomic mass is 32.2. The summed E-state index contributed by atoms with van der Waals surface area (Å²) < 4.78 is 13.0. The van der Waals surface area contributed by atoms with E-state index in [2.05, 4.69) is 39.5 Å². The number of rotatable bonds is 6. The van der Waals surface area contributed by atoms with Crippen LogP contribution in [0.4, 0.5) is 0 Å². The molecule has 4 rings (SSSR count). The molecule has 0 unspecified atom stereocenters. The van der Waals surface area contributed by atoms with E-state index in [4.69, 9.17) is 9.15 Å². The Hall–Kier alpha value is -3.13. The summed E-state index contributed by atoms with van der Waals surface area (Å²) in [5.74, 6) is 3.14. The molecule has 0 aliphatic rings. The molecule has 7 nitrogen and oxygen atoms in total. The van der Waals surface area contributed by atoms with Crippen molar-refractivity contribution in [2.24, 2.45) is 0 Å². The van der Waals surface area contributed by atoms with E-state index in [0.29, 0.717) is 17.5 Å². The molecule has 0 saturated carbocycles. The maximum atomic E-state index is 5.80. The van der Waals surface area contributed by atoms with Crippen LogP contribution in [0.5, 0.6) is 5.75 Å². The van der Waals surface area contributed by atoms with Gasteiger partial charge in [0.25, 0.3) is 0 Å². The maximum Gasteiger partial charge on any atom is 0.247 e. The van der Waals surface area contributed by atoms with E-state index < -0.39 is 0 Å². The molecule has 0 N–H and O–H groups in total. The number of aromatic nitrogens is 5. The summed E-state index contributed by atoms with van der Waals surface area (Å²) in [6.07, 6.45) is 0. The fourth-order valence-electron chi connectivity index (χ4n) is 2.79. The molecule has 2 heterocycles. The minimum Gasteiger partial charge on any atom is -0.497 e. The molecule has 2 aromatic carbocycles. The van der Waals surface area contributed by atoms with Crippen molar-refractivity contribution in [2.45, 2.75) is 24.8 Å². The van der Waals surface area contributed by atoms with Crippen LogP contribution in [-0.4, -0.2) is 32.1 Å². The van der Waals surface area contributed by atoms with Crippen molar-refractivity contribution in [3.63, 3.8) is 0 Å². The van der Waals surface area contributed by atoms with E-state index in [-0.39, 0.29) is 0 Å². The van der Waals surface area contributed by atoms with Crippen LogP contribution in [0.25, 0.3) is 17.1 Å². The zero-order valence-corrected chi connectivity index (χ0v) is 16.6. The molecule has 8 heteroatoms. The first-order valence-electron chi connectivity index (χ1n) is 8.72. The molecule has 142 valence electrons. The molecule has 4 aromatic rings. The molecular formula is C20H19N5O2S. The summed E-state index contributed by atoms with van der Waals surface area (Å²) in [6.45, 7) is 4.00. The summed E-state index contributed by atoms with van der Waals surface area (Å²) >= 11 is 1.51. The van der Waals surface area contributed by atoms with Crippen LogP contribution in [0.15, 0.2) is 58.1 Å². The van der Waals surface area contributed by atoms with Crippen LogP contribution >= 0.6 is 11.8 Å². The predicted octanol–water partition coefficient (Wildman–Crippen LogP) is 4.24. The second-order valence-corrected chi connectivity index (χ2v) is 7.16. The van der Waals surface area contributed by atoms with Gasteiger partial charge in [-0.25, -0.2) is 0 Å². The smallest absolute Gasteiger partial charge is 0.247 e.